The number of azide groups is 1. The van der Waals surface area contributed by atoms with Crippen molar-refractivity contribution in [3.63, 3.8) is 0 Å². The van der Waals surface area contributed by atoms with Crippen molar-refractivity contribution in [2.75, 3.05) is 6.54 Å². The summed E-state index contributed by atoms with van der Waals surface area (Å²) in [5, 5.41) is 16.7. The van der Waals surface area contributed by atoms with Crippen molar-refractivity contribution < 1.29 is 9.84 Å². The number of hydrogen-bond acceptors (Lipinski definition) is 4. The van der Waals surface area contributed by atoms with Crippen LogP contribution in [0.4, 0.5) is 0 Å². The van der Waals surface area contributed by atoms with E-state index in [9.17, 15) is 5.11 Å². The van der Waals surface area contributed by atoms with E-state index in [1.165, 1.54) is 0 Å². The molecule has 0 radical (unpaired) electrons. The number of aliphatic hydroxyl groups excluding tert-OH is 1. The number of rotatable bonds is 11. The van der Waals surface area contributed by atoms with Gasteiger partial charge in [-0.1, -0.05) is 62.6 Å². The van der Waals surface area contributed by atoms with E-state index in [0.29, 0.717) is 19.1 Å². The van der Waals surface area contributed by atoms with Gasteiger partial charge in [0, 0.05) is 17.5 Å². The average Bonchev–Trinajstić information content (AvgIpc) is 2.58. The van der Waals surface area contributed by atoms with Crippen molar-refractivity contribution in [3.8, 4) is 0 Å². The van der Waals surface area contributed by atoms with Crippen molar-refractivity contribution in [3.05, 3.63) is 46.3 Å². The lowest BCUT2D eigenvalue weighted by atomic mass is 9.91. The van der Waals surface area contributed by atoms with Crippen LogP contribution in [0.2, 0.25) is 0 Å². The van der Waals surface area contributed by atoms with E-state index in [-0.39, 0.29) is 12.0 Å². The van der Waals surface area contributed by atoms with Crippen LogP contribution in [0.3, 0.4) is 0 Å². The Morgan fingerprint density at radius 1 is 1.30 bits per heavy atom. The third-order valence-corrected chi connectivity index (χ3v) is 4.04. The smallest absolute Gasteiger partial charge is 0.213 e. The van der Waals surface area contributed by atoms with Gasteiger partial charge in [-0.2, -0.15) is 0 Å². The summed E-state index contributed by atoms with van der Waals surface area (Å²) < 4.78 is 5.36. The molecule has 0 spiro atoms. The van der Waals surface area contributed by atoms with Crippen molar-refractivity contribution >= 4 is 0 Å². The molecule has 0 aliphatic rings. The van der Waals surface area contributed by atoms with Crippen LogP contribution in [0.1, 0.15) is 39.2 Å². The van der Waals surface area contributed by atoms with E-state index in [0.717, 1.165) is 18.4 Å². The minimum atomic E-state index is -1.00. The molecule has 6 nitrogen and oxygen atoms in total. The summed E-state index contributed by atoms with van der Waals surface area (Å²) in [5.41, 5.74) is 9.69. The van der Waals surface area contributed by atoms with Crippen LogP contribution in [0, 0.1) is 11.8 Å². The monoisotopic (exact) mass is 320 g/mol. The van der Waals surface area contributed by atoms with E-state index >= 15 is 0 Å². The minimum absolute atomic E-state index is 0.0100. The Morgan fingerprint density at radius 2 is 2.00 bits per heavy atom. The summed E-state index contributed by atoms with van der Waals surface area (Å²) >= 11 is 0. The summed E-state index contributed by atoms with van der Waals surface area (Å²) in [5.74, 6) is 0.627. The van der Waals surface area contributed by atoms with E-state index in [2.05, 4.69) is 36.1 Å². The Labute approximate surface area is 138 Å². The topological polar surface area (TPSA) is 90.2 Å². The van der Waals surface area contributed by atoms with E-state index in [4.69, 9.17) is 10.3 Å². The molecule has 0 amide bonds. The fourth-order valence-corrected chi connectivity index (χ4v) is 2.34. The van der Waals surface area contributed by atoms with Gasteiger partial charge in [-0.05, 0) is 29.4 Å². The molecular weight excluding hydrogens is 292 g/mol. The third-order valence-electron chi connectivity index (χ3n) is 4.04. The van der Waals surface area contributed by atoms with E-state index in [1.54, 1.807) is 0 Å². The average molecular weight is 320 g/mol. The second-order valence-electron chi connectivity index (χ2n) is 6.06. The molecule has 6 heteroatoms. The SMILES string of the molecule is CC[C@H](C)C(C[C@@H](C)CNC(O)OCc1ccccc1)N=[N+]=[N-]. The first-order valence-electron chi connectivity index (χ1n) is 8.18. The van der Waals surface area contributed by atoms with Crippen molar-refractivity contribution in [2.45, 2.75) is 52.7 Å². The maximum Gasteiger partial charge on any atom is 0.213 e. The molecule has 0 aliphatic heterocycles. The molecule has 4 atom stereocenters. The maximum absolute atomic E-state index is 9.84. The molecule has 1 rings (SSSR count). The second-order valence-corrected chi connectivity index (χ2v) is 6.06. The molecule has 23 heavy (non-hydrogen) atoms. The molecule has 2 unspecified atom stereocenters. The van der Waals surface area contributed by atoms with Gasteiger partial charge in [0.1, 0.15) is 0 Å². The fraction of sp³-hybridized carbons (Fsp3) is 0.647. The predicted octanol–water partition coefficient (Wildman–Crippen LogP) is 3.82. The molecule has 0 aliphatic carbocycles. The van der Waals surface area contributed by atoms with Crippen LogP contribution in [0.15, 0.2) is 35.4 Å². The molecule has 1 aromatic carbocycles. The summed E-state index contributed by atoms with van der Waals surface area (Å²) in [4.78, 5) is 2.95. The van der Waals surface area contributed by atoms with Gasteiger partial charge in [0.05, 0.1) is 6.61 Å². The molecule has 0 aromatic heterocycles. The lowest BCUT2D eigenvalue weighted by molar-refractivity contribution is -0.129. The van der Waals surface area contributed by atoms with Crippen LogP contribution in [-0.4, -0.2) is 24.1 Å². The van der Waals surface area contributed by atoms with Crippen LogP contribution >= 0.6 is 0 Å². The Kier molecular flexibility index (Phi) is 9.33. The lowest BCUT2D eigenvalue weighted by Crippen LogP contribution is -2.35. The Bertz CT molecular complexity index is 477. The molecule has 0 heterocycles. The number of aliphatic hydroxyl groups is 1. The zero-order valence-electron chi connectivity index (χ0n) is 14.2. The normalized spacial score (nSPS) is 16.2. The van der Waals surface area contributed by atoms with Gasteiger partial charge in [-0.3, -0.25) is 5.32 Å². The first kappa shape index (κ1) is 19.5. The van der Waals surface area contributed by atoms with Crippen molar-refractivity contribution in [2.24, 2.45) is 17.0 Å². The van der Waals surface area contributed by atoms with Crippen molar-refractivity contribution in [1.29, 1.82) is 0 Å². The van der Waals surface area contributed by atoms with Crippen molar-refractivity contribution in [1.82, 2.24) is 5.32 Å². The van der Waals surface area contributed by atoms with Gasteiger partial charge < -0.3 is 9.84 Å². The maximum atomic E-state index is 9.84. The molecule has 2 N–H and O–H groups in total. The van der Waals surface area contributed by atoms with Gasteiger partial charge in [0.2, 0.25) is 6.41 Å². The van der Waals surface area contributed by atoms with E-state index < -0.39 is 6.41 Å². The summed E-state index contributed by atoms with van der Waals surface area (Å²) in [6, 6.07) is 9.70. The van der Waals surface area contributed by atoms with Crippen LogP contribution in [0.25, 0.3) is 10.4 Å². The van der Waals surface area contributed by atoms with Gasteiger partial charge in [-0.15, -0.1) is 0 Å². The quantitative estimate of drug-likeness (QED) is 0.281. The summed E-state index contributed by atoms with van der Waals surface area (Å²) in [6.07, 6.45) is 0.767. The number of benzene rings is 1. The third kappa shape index (κ3) is 8.00. The van der Waals surface area contributed by atoms with Crippen LogP contribution < -0.4 is 5.32 Å². The Hall–Kier alpha value is -1.59. The number of hydrogen-bond donors (Lipinski definition) is 2. The molecule has 0 fully saturated rings. The summed E-state index contributed by atoms with van der Waals surface area (Å²) in [7, 11) is 0. The van der Waals surface area contributed by atoms with Crippen LogP contribution in [-0.2, 0) is 11.3 Å². The fourth-order valence-electron chi connectivity index (χ4n) is 2.34. The zero-order chi connectivity index (χ0) is 17.1. The Balaban J connectivity index is 2.30. The molecular formula is C17H28N4O2. The zero-order valence-corrected chi connectivity index (χ0v) is 14.2. The highest BCUT2D eigenvalue weighted by molar-refractivity contribution is 5.13. The van der Waals surface area contributed by atoms with Gasteiger partial charge >= 0.3 is 0 Å². The first-order valence-corrected chi connectivity index (χ1v) is 8.18. The molecule has 0 bridgehead atoms. The number of ether oxygens (including phenoxy) is 1. The molecule has 1 aromatic rings. The minimum Gasteiger partial charge on any atom is -0.356 e. The highest BCUT2D eigenvalue weighted by atomic mass is 16.6. The standard InChI is InChI=1S/C17H28N4O2/c1-4-14(3)16(20-21-18)10-13(2)11-19-17(22)23-12-15-8-6-5-7-9-15/h5-9,13-14,16-17,19,22H,4,10-12H2,1-3H3/t13-,14+,16?,17?/m1/s1. The Morgan fingerprint density at radius 3 is 2.61 bits per heavy atom. The second kappa shape index (κ2) is 11.0. The van der Waals surface area contributed by atoms with Gasteiger partial charge in [0.15, 0.2) is 0 Å². The number of nitrogens with zero attached hydrogens (tertiary/aromatic N) is 3. The largest absolute Gasteiger partial charge is 0.356 e. The number of nitrogens with one attached hydrogen (secondary N) is 1. The first-order chi connectivity index (χ1) is 11.1. The van der Waals surface area contributed by atoms with Gasteiger partial charge in [0.25, 0.3) is 0 Å². The molecule has 0 saturated carbocycles. The van der Waals surface area contributed by atoms with Crippen LogP contribution in [0.5, 0.6) is 0 Å². The highest BCUT2D eigenvalue weighted by Crippen LogP contribution is 2.19. The predicted molar refractivity (Wildman–Crippen MR) is 91.4 cm³/mol. The van der Waals surface area contributed by atoms with Gasteiger partial charge in [-0.25, -0.2) is 0 Å². The highest BCUT2D eigenvalue weighted by Gasteiger charge is 2.18. The summed E-state index contributed by atoms with van der Waals surface area (Å²) in [6.45, 7) is 7.21. The molecule has 128 valence electrons. The van der Waals surface area contributed by atoms with E-state index in [1.807, 2.05) is 30.3 Å². The molecule has 0 saturated heterocycles. The lowest BCUT2D eigenvalue weighted by Gasteiger charge is -2.23.